The first kappa shape index (κ1) is 12.4. The van der Waals surface area contributed by atoms with E-state index in [0.29, 0.717) is 13.1 Å². The average molecular weight is 231 g/mol. The van der Waals surface area contributed by atoms with Crippen LogP contribution in [0.1, 0.15) is 19.8 Å². The lowest BCUT2D eigenvalue weighted by Gasteiger charge is -2.25. The fourth-order valence-electron chi connectivity index (χ4n) is 1.82. The maximum atomic E-state index is 11.8. The molecule has 0 aliphatic carbocycles. The molecule has 0 spiro atoms. The smallest absolute Gasteiger partial charge is 0.227 e. The number of hydrogen-bond acceptors (Lipinski definition) is 4. The molecule has 0 radical (unpaired) electrons. The van der Waals surface area contributed by atoms with Gasteiger partial charge >= 0.3 is 0 Å². The van der Waals surface area contributed by atoms with Gasteiger partial charge in [-0.2, -0.15) is 9.57 Å². The summed E-state index contributed by atoms with van der Waals surface area (Å²) in [6.45, 7) is 4.01. The van der Waals surface area contributed by atoms with Gasteiger partial charge in [-0.25, -0.2) is 8.42 Å². The second kappa shape index (κ2) is 5.45. The van der Waals surface area contributed by atoms with Gasteiger partial charge in [-0.3, -0.25) is 0 Å². The molecule has 1 aliphatic rings. The molecule has 0 aromatic rings. The van der Waals surface area contributed by atoms with Crippen LogP contribution in [0, 0.1) is 11.3 Å². The van der Waals surface area contributed by atoms with E-state index in [4.69, 9.17) is 5.26 Å². The zero-order chi connectivity index (χ0) is 11.3. The Hall–Kier alpha value is -0.640. The quantitative estimate of drug-likeness (QED) is 0.718. The van der Waals surface area contributed by atoms with Crippen molar-refractivity contribution in [1.29, 1.82) is 5.26 Å². The molecule has 1 rings (SSSR count). The number of nitrogens with one attached hydrogen (secondary N) is 1. The molecule has 0 aromatic heterocycles. The Bertz CT molecular complexity index is 328. The van der Waals surface area contributed by atoms with E-state index in [1.807, 2.05) is 6.92 Å². The first-order chi connectivity index (χ1) is 7.11. The van der Waals surface area contributed by atoms with E-state index >= 15 is 0 Å². The van der Waals surface area contributed by atoms with E-state index in [2.05, 4.69) is 5.32 Å². The zero-order valence-electron chi connectivity index (χ0n) is 8.94. The van der Waals surface area contributed by atoms with Crippen molar-refractivity contribution in [1.82, 2.24) is 9.62 Å². The van der Waals surface area contributed by atoms with Gasteiger partial charge in [-0.05, 0) is 19.4 Å². The summed E-state index contributed by atoms with van der Waals surface area (Å²) in [4.78, 5) is 0. The maximum absolute atomic E-state index is 11.8. The lowest BCUT2D eigenvalue weighted by atomic mass is 10.2. The summed E-state index contributed by atoms with van der Waals surface area (Å²) in [6.07, 6.45) is 1.62. The highest BCUT2D eigenvalue weighted by molar-refractivity contribution is 7.89. The molecule has 5 nitrogen and oxygen atoms in total. The molecule has 86 valence electrons. The molecule has 1 atom stereocenters. The average Bonchev–Trinajstić information content (AvgIpc) is 2.66. The highest BCUT2D eigenvalue weighted by Crippen LogP contribution is 2.14. The van der Waals surface area contributed by atoms with Gasteiger partial charge in [-0.1, -0.05) is 6.92 Å². The summed E-state index contributed by atoms with van der Waals surface area (Å²) in [7, 11) is -3.39. The molecule has 6 heteroatoms. The zero-order valence-corrected chi connectivity index (χ0v) is 9.76. The maximum Gasteiger partial charge on any atom is 0.227 e. The van der Waals surface area contributed by atoms with Crippen LogP contribution in [0.25, 0.3) is 0 Å². The van der Waals surface area contributed by atoms with Gasteiger partial charge in [0.2, 0.25) is 10.0 Å². The number of rotatable bonds is 5. The molecule has 0 bridgehead atoms. The molecule has 1 aliphatic heterocycles. The highest BCUT2D eigenvalue weighted by atomic mass is 32.2. The minimum Gasteiger partial charge on any atom is -0.315 e. The molecular formula is C9H17N3O2S. The fraction of sp³-hybridized carbons (Fsp3) is 0.889. The van der Waals surface area contributed by atoms with Crippen LogP contribution in [0.4, 0.5) is 0 Å². The van der Waals surface area contributed by atoms with Crippen LogP contribution in [0.2, 0.25) is 0 Å². The van der Waals surface area contributed by atoms with E-state index in [0.717, 1.165) is 19.4 Å². The van der Waals surface area contributed by atoms with Crippen molar-refractivity contribution in [3.05, 3.63) is 0 Å². The Morgan fingerprint density at radius 1 is 1.60 bits per heavy atom. The third kappa shape index (κ3) is 3.16. The fourth-order valence-corrected chi connectivity index (χ4v) is 3.24. The van der Waals surface area contributed by atoms with Crippen LogP contribution >= 0.6 is 0 Å². The predicted molar refractivity (Wildman–Crippen MR) is 57.7 cm³/mol. The summed E-state index contributed by atoms with van der Waals surface area (Å²) in [5, 5.41) is 11.6. The first-order valence-electron chi connectivity index (χ1n) is 5.19. The normalized spacial score (nSPS) is 21.8. The van der Waals surface area contributed by atoms with Crippen molar-refractivity contribution in [2.75, 3.05) is 25.4 Å². The molecule has 1 fully saturated rings. The van der Waals surface area contributed by atoms with Gasteiger partial charge in [0.1, 0.15) is 0 Å². The van der Waals surface area contributed by atoms with Crippen LogP contribution in [0.3, 0.4) is 0 Å². The van der Waals surface area contributed by atoms with Gasteiger partial charge in [0, 0.05) is 19.1 Å². The van der Waals surface area contributed by atoms with Crippen LogP contribution in [0.15, 0.2) is 0 Å². The number of hydrogen-bond donors (Lipinski definition) is 1. The van der Waals surface area contributed by atoms with Crippen LogP contribution in [-0.4, -0.2) is 44.2 Å². The standard InChI is InChI=1S/C9H17N3O2S/c1-2-6-12(9-3-5-11-8-9)15(13,14)7-4-10/h9,11H,2-3,5-8H2,1H3. The molecule has 15 heavy (non-hydrogen) atoms. The van der Waals surface area contributed by atoms with Crippen molar-refractivity contribution in [2.45, 2.75) is 25.8 Å². The largest absolute Gasteiger partial charge is 0.315 e. The lowest BCUT2D eigenvalue weighted by Crippen LogP contribution is -2.42. The number of sulfonamides is 1. The Balaban J connectivity index is 2.77. The van der Waals surface area contributed by atoms with Crippen molar-refractivity contribution in [3.8, 4) is 6.07 Å². The van der Waals surface area contributed by atoms with Crippen molar-refractivity contribution in [2.24, 2.45) is 0 Å². The Morgan fingerprint density at radius 2 is 2.33 bits per heavy atom. The topological polar surface area (TPSA) is 73.2 Å². The molecule has 0 saturated carbocycles. The molecule has 1 saturated heterocycles. The van der Waals surface area contributed by atoms with Crippen molar-refractivity contribution < 1.29 is 8.42 Å². The van der Waals surface area contributed by atoms with Gasteiger partial charge in [0.25, 0.3) is 0 Å². The molecule has 0 aromatic carbocycles. The molecule has 1 unspecified atom stereocenters. The third-order valence-corrected chi connectivity index (χ3v) is 4.18. The van der Waals surface area contributed by atoms with Crippen LogP contribution in [0.5, 0.6) is 0 Å². The minimum absolute atomic E-state index is 0.0308. The van der Waals surface area contributed by atoms with Crippen LogP contribution < -0.4 is 5.32 Å². The molecular weight excluding hydrogens is 214 g/mol. The van der Waals surface area contributed by atoms with E-state index in [1.165, 1.54) is 4.31 Å². The SMILES string of the molecule is CCCN(C1CCNC1)S(=O)(=O)CC#N. The minimum atomic E-state index is -3.39. The van der Waals surface area contributed by atoms with Crippen LogP contribution in [-0.2, 0) is 10.0 Å². The van der Waals surface area contributed by atoms with E-state index in [9.17, 15) is 8.42 Å². The summed E-state index contributed by atoms with van der Waals surface area (Å²) in [6, 6.07) is 1.75. The van der Waals surface area contributed by atoms with Gasteiger partial charge in [0.15, 0.2) is 5.75 Å². The Kier molecular flexibility index (Phi) is 4.51. The predicted octanol–water partition coefficient (Wildman–Crippen LogP) is -0.0863. The van der Waals surface area contributed by atoms with Crippen molar-refractivity contribution in [3.63, 3.8) is 0 Å². The lowest BCUT2D eigenvalue weighted by molar-refractivity contribution is 0.336. The van der Waals surface area contributed by atoms with E-state index in [-0.39, 0.29) is 6.04 Å². The van der Waals surface area contributed by atoms with E-state index < -0.39 is 15.8 Å². The highest BCUT2D eigenvalue weighted by Gasteiger charge is 2.30. The summed E-state index contributed by atoms with van der Waals surface area (Å²) >= 11 is 0. The van der Waals surface area contributed by atoms with Gasteiger partial charge in [-0.15, -0.1) is 0 Å². The third-order valence-electron chi connectivity index (χ3n) is 2.49. The Morgan fingerprint density at radius 3 is 2.80 bits per heavy atom. The second-order valence-electron chi connectivity index (χ2n) is 3.67. The molecule has 1 heterocycles. The first-order valence-corrected chi connectivity index (χ1v) is 6.80. The monoisotopic (exact) mass is 231 g/mol. The van der Waals surface area contributed by atoms with Gasteiger partial charge < -0.3 is 5.32 Å². The molecule has 0 amide bonds. The van der Waals surface area contributed by atoms with Crippen molar-refractivity contribution >= 4 is 10.0 Å². The summed E-state index contributed by atoms with van der Waals surface area (Å²) < 4.78 is 25.0. The number of nitriles is 1. The molecule has 1 N–H and O–H groups in total. The number of nitrogens with zero attached hydrogens (tertiary/aromatic N) is 2. The van der Waals surface area contributed by atoms with E-state index in [1.54, 1.807) is 6.07 Å². The second-order valence-corrected chi connectivity index (χ2v) is 5.59. The van der Waals surface area contributed by atoms with Gasteiger partial charge in [0.05, 0.1) is 6.07 Å². The Labute approximate surface area is 91.1 Å². The summed E-state index contributed by atoms with van der Waals surface area (Å²) in [5.41, 5.74) is 0. The summed E-state index contributed by atoms with van der Waals surface area (Å²) in [5.74, 6) is -0.413.